The first-order chi connectivity index (χ1) is 16.1. The topological polar surface area (TPSA) is 105 Å². The first kappa shape index (κ1) is 22.3. The highest BCUT2D eigenvalue weighted by Crippen LogP contribution is 2.31. The Morgan fingerprint density at radius 1 is 1.21 bits per heavy atom. The van der Waals surface area contributed by atoms with Gasteiger partial charge in [-0.15, -0.1) is 0 Å². The highest BCUT2D eigenvalue weighted by Gasteiger charge is 2.25. The minimum Gasteiger partial charge on any atom is -0.494 e. The second-order valence-electron chi connectivity index (χ2n) is 7.59. The summed E-state index contributed by atoms with van der Waals surface area (Å²) >= 11 is 0. The number of hydrogen-bond acceptors (Lipinski definition) is 7. The molecule has 0 spiro atoms. The lowest BCUT2D eigenvalue weighted by Gasteiger charge is -2.37. The van der Waals surface area contributed by atoms with E-state index in [2.05, 4.69) is 42.5 Å². The summed E-state index contributed by atoms with van der Waals surface area (Å²) in [5.41, 5.74) is 9.83. The molecule has 3 heterocycles. The van der Waals surface area contributed by atoms with E-state index in [4.69, 9.17) is 10.5 Å². The van der Waals surface area contributed by atoms with E-state index in [-0.39, 0.29) is 23.6 Å². The number of benzene rings is 2. The third-order valence-electron chi connectivity index (χ3n) is 5.50. The van der Waals surface area contributed by atoms with Gasteiger partial charge in [-0.3, -0.25) is 5.10 Å². The van der Waals surface area contributed by atoms with Crippen LogP contribution in [0.3, 0.4) is 0 Å². The molecule has 0 saturated carbocycles. The highest BCUT2D eigenvalue weighted by atomic mass is 19.1. The molecule has 0 aliphatic carbocycles. The van der Waals surface area contributed by atoms with Crippen molar-refractivity contribution in [3.63, 3.8) is 0 Å². The highest BCUT2D eigenvalue weighted by molar-refractivity contribution is 5.87. The second-order valence-corrected chi connectivity index (χ2v) is 7.59. The third-order valence-corrected chi connectivity index (χ3v) is 5.50. The quantitative estimate of drug-likeness (QED) is 0.420. The summed E-state index contributed by atoms with van der Waals surface area (Å²) in [4.78, 5) is 10.8. The van der Waals surface area contributed by atoms with Crippen LogP contribution in [0.1, 0.15) is 25.0 Å². The van der Waals surface area contributed by atoms with E-state index < -0.39 is 0 Å². The number of rotatable bonds is 5. The maximum absolute atomic E-state index is 13.8. The van der Waals surface area contributed by atoms with Gasteiger partial charge in [-0.1, -0.05) is 38.1 Å². The molecule has 4 N–H and O–H groups in total. The van der Waals surface area contributed by atoms with Crippen molar-refractivity contribution in [3.05, 3.63) is 65.6 Å². The summed E-state index contributed by atoms with van der Waals surface area (Å²) in [5.74, 6) is 0.723. The molecule has 2 aromatic heterocycles. The van der Waals surface area contributed by atoms with Gasteiger partial charge in [0.05, 0.1) is 18.7 Å². The van der Waals surface area contributed by atoms with Crippen molar-refractivity contribution in [1.82, 2.24) is 20.2 Å². The number of ether oxygens (including phenoxy) is 1. The first-order valence-electron chi connectivity index (χ1n) is 11.0. The molecule has 0 saturated heterocycles. The van der Waals surface area contributed by atoms with Gasteiger partial charge in [0.15, 0.2) is 17.2 Å². The number of H-pyrrole nitrogens is 1. The van der Waals surface area contributed by atoms with Crippen LogP contribution in [0.4, 0.5) is 21.8 Å². The molecule has 2 aromatic carbocycles. The molecule has 1 atom stereocenters. The summed E-state index contributed by atoms with van der Waals surface area (Å²) < 4.78 is 19.0. The second kappa shape index (κ2) is 9.72. The molecule has 1 aliphatic heterocycles. The number of nitrogen functional groups attached to an aromatic ring is 1. The molecule has 9 heteroatoms. The van der Waals surface area contributed by atoms with Crippen molar-refractivity contribution in [2.45, 2.75) is 32.9 Å². The van der Waals surface area contributed by atoms with E-state index in [1.807, 2.05) is 26.0 Å². The Hall–Kier alpha value is -3.88. The van der Waals surface area contributed by atoms with Crippen LogP contribution in [-0.2, 0) is 13.0 Å². The Morgan fingerprint density at radius 3 is 2.85 bits per heavy atom. The minimum atomic E-state index is -0.365. The van der Waals surface area contributed by atoms with Gasteiger partial charge in [0.1, 0.15) is 5.82 Å². The summed E-state index contributed by atoms with van der Waals surface area (Å²) in [6.07, 6.45) is 2.53. The maximum Gasteiger partial charge on any atom is 0.224 e. The number of nitrogens with zero attached hydrogens (tertiary/aromatic N) is 4. The van der Waals surface area contributed by atoms with Gasteiger partial charge in [-0.25, -0.2) is 4.39 Å². The summed E-state index contributed by atoms with van der Waals surface area (Å²) in [6, 6.07) is 13.4. The van der Waals surface area contributed by atoms with E-state index in [0.29, 0.717) is 18.0 Å². The van der Waals surface area contributed by atoms with Gasteiger partial charge < -0.3 is 20.7 Å². The van der Waals surface area contributed by atoms with Crippen molar-refractivity contribution in [1.29, 1.82) is 0 Å². The Balaban J connectivity index is 0.00000126. The van der Waals surface area contributed by atoms with E-state index in [1.54, 1.807) is 18.3 Å². The molecule has 5 rings (SSSR count). The van der Waals surface area contributed by atoms with Crippen LogP contribution in [-0.4, -0.2) is 39.9 Å². The van der Waals surface area contributed by atoms with Crippen LogP contribution in [0, 0.1) is 5.82 Å². The van der Waals surface area contributed by atoms with Gasteiger partial charge in [0.2, 0.25) is 5.95 Å². The minimum absolute atomic E-state index is 0.0876. The van der Waals surface area contributed by atoms with E-state index in [9.17, 15) is 4.39 Å². The number of nitrogens with one attached hydrogen (secondary N) is 2. The van der Waals surface area contributed by atoms with E-state index >= 15 is 0 Å². The van der Waals surface area contributed by atoms with Crippen LogP contribution < -0.4 is 20.7 Å². The lowest BCUT2D eigenvalue weighted by atomic mass is 9.97. The van der Waals surface area contributed by atoms with Crippen molar-refractivity contribution in [2.24, 2.45) is 0 Å². The molecule has 4 aromatic rings. The number of aromatic amines is 1. The van der Waals surface area contributed by atoms with E-state index in [0.717, 1.165) is 23.9 Å². The van der Waals surface area contributed by atoms with Crippen LogP contribution in [0.15, 0.2) is 48.7 Å². The predicted octanol–water partition coefficient (Wildman–Crippen LogP) is 4.15. The van der Waals surface area contributed by atoms with Crippen LogP contribution in [0.5, 0.6) is 5.75 Å². The van der Waals surface area contributed by atoms with Crippen LogP contribution >= 0.6 is 0 Å². The van der Waals surface area contributed by atoms with Gasteiger partial charge in [0, 0.05) is 24.8 Å². The van der Waals surface area contributed by atoms with Crippen molar-refractivity contribution in [2.75, 3.05) is 29.6 Å². The van der Waals surface area contributed by atoms with Crippen molar-refractivity contribution < 1.29 is 9.13 Å². The van der Waals surface area contributed by atoms with Crippen molar-refractivity contribution >= 4 is 28.5 Å². The molecule has 0 fully saturated rings. The zero-order valence-corrected chi connectivity index (χ0v) is 19.0. The zero-order valence-electron chi connectivity index (χ0n) is 19.0. The van der Waals surface area contributed by atoms with Gasteiger partial charge in [-0.05, 0) is 35.7 Å². The molecule has 0 radical (unpaired) electrons. The molecule has 33 heavy (non-hydrogen) atoms. The largest absolute Gasteiger partial charge is 0.494 e. The average Bonchev–Trinajstić information content (AvgIpc) is 3.30. The smallest absolute Gasteiger partial charge is 0.224 e. The van der Waals surface area contributed by atoms with Gasteiger partial charge in [0.25, 0.3) is 0 Å². The fourth-order valence-electron chi connectivity index (χ4n) is 4.11. The number of anilines is 3. The number of para-hydroxylation sites is 1. The summed E-state index contributed by atoms with van der Waals surface area (Å²) in [6.45, 7) is 5.36. The Bertz CT molecular complexity index is 1240. The molecular formula is C24H28FN7O. The molecule has 1 unspecified atom stereocenters. The maximum atomic E-state index is 13.8. The molecular weight excluding hydrogens is 421 g/mol. The Morgan fingerprint density at radius 2 is 2.03 bits per heavy atom. The fraction of sp³-hybridized carbons (Fsp3) is 0.292. The number of hydrogen-bond donors (Lipinski definition) is 3. The Labute approximate surface area is 192 Å². The lowest BCUT2D eigenvalue weighted by Crippen LogP contribution is -2.42. The molecule has 172 valence electrons. The normalized spacial score (nSPS) is 14.9. The lowest BCUT2D eigenvalue weighted by molar-refractivity contribution is 0.386. The fourth-order valence-corrected chi connectivity index (χ4v) is 4.11. The zero-order chi connectivity index (χ0) is 23.4. The van der Waals surface area contributed by atoms with Gasteiger partial charge >= 0.3 is 0 Å². The average molecular weight is 450 g/mol. The first-order valence-corrected chi connectivity index (χ1v) is 11.0. The number of fused-ring (bicyclic) bond motifs is 2. The number of aromatic nitrogens is 4. The monoisotopic (exact) mass is 449 g/mol. The molecule has 0 amide bonds. The SMILES string of the molecule is CC.COc1cc(CN2CC(Nc3nc(N)nc4[nH]ncc34)Cc3ccccc32)ccc1F. The van der Waals surface area contributed by atoms with Gasteiger partial charge in [-0.2, -0.15) is 15.1 Å². The molecule has 0 bridgehead atoms. The molecule has 8 nitrogen and oxygen atoms in total. The number of halogens is 1. The summed E-state index contributed by atoms with van der Waals surface area (Å²) in [5, 5.41) is 11.2. The standard InChI is InChI=1S/C22H22FN7O.C2H6/c1-31-19-8-13(6-7-17(19)23)11-30-12-15(9-14-4-2-3-5-18(14)30)26-20-16-10-25-29-21(16)28-22(24)27-20;1-2/h2-8,10,15H,9,11-12H2,1H3,(H4,24,25,26,27,28,29);1-2H3. The Kier molecular flexibility index (Phi) is 6.58. The molecule has 1 aliphatic rings. The number of methoxy groups -OCH3 is 1. The summed E-state index contributed by atoms with van der Waals surface area (Å²) in [7, 11) is 1.47. The van der Waals surface area contributed by atoms with Crippen LogP contribution in [0.2, 0.25) is 0 Å². The predicted molar refractivity (Wildman–Crippen MR) is 129 cm³/mol. The third kappa shape index (κ3) is 4.67. The van der Waals surface area contributed by atoms with Crippen molar-refractivity contribution in [3.8, 4) is 5.75 Å². The van der Waals surface area contributed by atoms with E-state index in [1.165, 1.54) is 24.4 Å². The number of nitrogens with two attached hydrogens (primary N) is 1. The van der Waals surface area contributed by atoms with Crippen LogP contribution in [0.25, 0.3) is 11.0 Å².